The lowest BCUT2D eigenvalue weighted by Crippen LogP contribution is -2.40. The van der Waals surface area contributed by atoms with E-state index in [4.69, 9.17) is 9.72 Å². The standard InChI is InChI=1S/C20H18F2N2O2S/c21-14-5-6-17(15(22)11-14)26-12-19(25)24-9-7-13(8-10-24)20-23-16-3-1-2-4-18(16)27-20/h1-6,11,13H,7-10,12H2. The Hall–Kier alpha value is -2.54. The van der Waals surface area contributed by atoms with Crippen molar-refractivity contribution in [3.8, 4) is 5.75 Å². The number of rotatable bonds is 4. The summed E-state index contributed by atoms with van der Waals surface area (Å²) in [6.45, 7) is 0.984. The molecular formula is C20H18F2N2O2S. The molecule has 0 atom stereocenters. The molecule has 0 bridgehead atoms. The number of amides is 1. The predicted octanol–water partition coefficient (Wildman–Crippen LogP) is 4.36. The van der Waals surface area contributed by atoms with Crippen molar-refractivity contribution in [1.82, 2.24) is 9.88 Å². The van der Waals surface area contributed by atoms with Gasteiger partial charge in [-0.1, -0.05) is 12.1 Å². The van der Waals surface area contributed by atoms with Crippen LogP contribution in [0.15, 0.2) is 42.5 Å². The number of para-hydroxylation sites is 1. The number of ether oxygens (including phenoxy) is 1. The number of hydrogen-bond donors (Lipinski definition) is 0. The van der Waals surface area contributed by atoms with Crippen molar-refractivity contribution in [3.05, 3.63) is 59.1 Å². The Morgan fingerprint density at radius 2 is 1.96 bits per heavy atom. The molecule has 1 aromatic heterocycles. The average molecular weight is 388 g/mol. The molecule has 0 spiro atoms. The Kier molecular flexibility index (Phi) is 5.03. The van der Waals surface area contributed by atoms with Gasteiger partial charge >= 0.3 is 0 Å². The molecule has 2 aromatic carbocycles. The molecule has 0 unspecified atom stereocenters. The number of likely N-dealkylation sites (tertiary alicyclic amines) is 1. The number of aromatic nitrogens is 1. The fraction of sp³-hybridized carbons (Fsp3) is 0.300. The van der Waals surface area contributed by atoms with Crippen molar-refractivity contribution in [2.24, 2.45) is 0 Å². The predicted molar refractivity (Wildman–Crippen MR) is 100 cm³/mol. The first-order valence-electron chi connectivity index (χ1n) is 8.81. The molecule has 0 aliphatic carbocycles. The van der Waals surface area contributed by atoms with E-state index < -0.39 is 11.6 Å². The minimum atomic E-state index is -0.808. The van der Waals surface area contributed by atoms with Crippen LogP contribution in [0.3, 0.4) is 0 Å². The van der Waals surface area contributed by atoms with Crippen LogP contribution in [0.1, 0.15) is 23.8 Å². The smallest absolute Gasteiger partial charge is 0.260 e. The van der Waals surface area contributed by atoms with E-state index in [1.54, 1.807) is 16.2 Å². The molecule has 140 valence electrons. The van der Waals surface area contributed by atoms with E-state index in [-0.39, 0.29) is 18.3 Å². The quantitative estimate of drug-likeness (QED) is 0.667. The summed E-state index contributed by atoms with van der Waals surface area (Å²) in [5.74, 6) is -1.45. The van der Waals surface area contributed by atoms with Crippen molar-refractivity contribution < 1.29 is 18.3 Å². The van der Waals surface area contributed by atoms with Gasteiger partial charge in [0.25, 0.3) is 5.91 Å². The molecular weight excluding hydrogens is 370 g/mol. The van der Waals surface area contributed by atoms with Crippen LogP contribution in [0.25, 0.3) is 10.2 Å². The summed E-state index contributed by atoms with van der Waals surface area (Å²) in [4.78, 5) is 18.8. The minimum absolute atomic E-state index is 0.117. The van der Waals surface area contributed by atoms with Crippen molar-refractivity contribution in [3.63, 3.8) is 0 Å². The lowest BCUT2D eigenvalue weighted by Gasteiger charge is -2.31. The van der Waals surface area contributed by atoms with E-state index in [0.717, 1.165) is 35.5 Å². The Balaban J connectivity index is 1.32. The van der Waals surface area contributed by atoms with E-state index in [2.05, 4.69) is 6.07 Å². The van der Waals surface area contributed by atoms with Crippen LogP contribution in [-0.2, 0) is 4.79 Å². The normalized spacial score (nSPS) is 15.3. The second-order valence-corrected chi connectivity index (χ2v) is 7.60. The zero-order chi connectivity index (χ0) is 18.8. The third kappa shape index (κ3) is 3.93. The number of carbonyl (C=O) groups is 1. The second kappa shape index (κ2) is 7.60. The molecule has 4 rings (SSSR count). The summed E-state index contributed by atoms with van der Waals surface area (Å²) in [6, 6.07) is 11.1. The first-order chi connectivity index (χ1) is 13.1. The topological polar surface area (TPSA) is 42.4 Å². The van der Waals surface area contributed by atoms with Crippen LogP contribution in [0.4, 0.5) is 8.78 Å². The molecule has 4 nitrogen and oxygen atoms in total. The SMILES string of the molecule is O=C(COc1ccc(F)cc1F)N1CCC(c2nc3ccccc3s2)CC1. The van der Waals surface area contributed by atoms with Gasteiger partial charge in [-0.2, -0.15) is 0 Å². The van der Waals surface area contributed by atoms with Crippen molar-refractivity contribution in [1.29, 1.82) is 0 Å². The van der Waals surface area contributed by atoms with Gasteiger partial charge < -0.3 is 9.64 Å². The molecule has 1 saturated heterocycles. The highest BCUT2D eigenvalue weighted by atomic mass is 32.1. The average Bonchev–Trinajstić information content (AvgIpc) is 3.11. The van der Waals surface area contributed by atoms with Crippen molar-refractivity contribution in [2.75, 3.05) is 19.7 Å². The summed E-state index contributed by atoms with van der Waals surface area (Å²) >= 11 is 1.71. The van der Waals surface area contributed by atoms with E-state index in [9.17, 15) is 13.6 Å². The molecule has 0 radical (unpaired) electrons. The second-order valence-electron chi connectivity index (χ2n) is 6.54. The molecule has 1 fully saturated rings. The first-order valence-corrected chi connectivity index (χ1v) is 9.63. The van der Waals surface area contributed by atoms with Crippen LogP contribution in [0.2, 0.25) is 0 Å². The fourth-order valence-corrected chi connectivity index (χ4v) is 4.40. The van der Waals surface area contributed by atoms with E-state index in [1.807, 2.05) is 18.2 Å². The maximum atomic E-state index is 13.6. The van der Waals surface area contributed by atoms with Gasteiger partial charge in [-0.25, -0.2) is 13.8 Å². The number of benzene rings is 2. The summed E-state index contributed by atoms with van der Waals surface area (Å²) in [6.07, 6.45) is 1.69. The zero-order valence-corrected chi connectivity index (χ0v) is 15.3. The minimum Gasteiger partial charge on any atom is -0.481 e. The van der Waals surface area contributed by atoms with E-state index in [0.29, 0.717) is 19.0 Å². The van der Waals surface area contributed by atoms with Gasteiger partial charge in [0.1, 0.15) is 5.82 Å². The largest absolute Gasteiger partial charge is 0.481 e. The van der Waals surface area contributed by atoms with Gasteiger partial charge in [0.05, 0.1) is 15.2 Å². The van der Waals surface area contributed by atoms with E-state index >= 15 is 0 Å². The number of nitrogens with zero attached hydrogens (tertiary/aromatic N) is 2. The molecule has 0 saturated carbocycles. The lowest BCUT2D eigenvalue weighted by atomic mass is 9.97. The van der Waals surface area contributed by atoms with Gasteiger partial charge in [0.15, 0.2) is 18.2 Å². The van der Waals surface area contributed by atoms with Crippen LogP contribution in [0.5, 0.6) is 5.75 Å². The first kappa shape index (κ1) is 17.9. The highest BCUT2D eigenvalue weighted by Crippen LogP contribution is 2.33. The maximum Gasteiger partial charge on any atom is 0.260 e. The number of thiazole rings is 1. The van der Waals surface area contributed by atoms with Crippen molar-refractivity contribution in [2.45, 2.75) is 18.8 Å². The van der Waals surface area contributed by atoms with Crippen LogP contribution >= 0.6 is 11.3 Å². The number of halogens is 2. The number of piperidine rings is 1. The van der Waals surface area contributed by atoms with Gasteiger partial charge in [0, 0.05) is 25.1 Å². The monoisotopic (exact) mass is 388 g/mol. The van der Waals surface area contributed by atoms with Gasteiger partial charge in [0.2, 0.25) is 0 Å². The Bertz CT molecular complexity index is 935. The lowest BCUT2D eigenvalue weighted by molar-refractivity contribution is -0.134. The molecule has 1 aliphatic heterocycles. The van der Waals surface area contributed by atoms with Crippen molar-refractivity contribution >= 4 is 27.5 Å². The summed E-state index contributed by atoms with van der Waals surface area (Å²) < 4.78 is 32.9. The third-order valence-electron chi connectivity index (χ3n) is 4.75. The molecule has 1 amide bonds. The Morgan fingerprint density at radius 1 is 1.19 bits per heavy atom. The molecule has 0 N–H and O–H groups in total. The Morgan fingerprint density at radius 3 is 2.70 bits per heavy atom. The summed E-state index contributed by atoms with van der Waals surface area (Å²) in [5.41, 5.74) is 1.02. The zero-order valence-electron chi connectivity index (χ0n) is 14.5. The van der Waals surface area contributed by atoms with E-state index in [1.165, 1.54) is 10.8 Å². The highest BCUT2D eigenvalue weighted by Gasteiger charge is 2.26. The summed E-state index contributed by atoms with van der Waals surface area (Å²) in [5, 5.41) is 1.12. The molecule has 1 aliphatic rings. The van der Waals surface area contributed by atoms with Gasteiger partial charge in [-0.05, 0) is 37.1 Å². The summed E-state index contributed by atoms with van der Waals surface area (Å²) in [7, 11) is 0. The Labute approximate surface area is 159 Å². The van der Waals surface area contributed by atoms with Gasteiger partial charge in [-0.3, -0.25) is 4.79 Å². The number of hydrogen-bond acceptors (Lipinski definition) is 4. The molecule has 7 heteroatoms. The third-order valence-corrected chi connectivity index (χ3v) is 5.95. The van der Waals surface area contributed by atoms with Gasteiger partial charge in [-0.15, -0.1) is 11.3 Å². The highest BCUT2D eigenvalue weighted by molar-refractivity contribution is 7.18. The van der Waals surface area contributed by atoms with Crippen LogP contribution < -0.4 is 4.74 Å². The fourth-order valence-electron chi connectivity index (χ4n) is 3.26. The molecule has 3 aromatic rings. The van der Waals surface area contributed by atoms with Crippen LogP contribution in [-0.4, -0.2) is 35.5 Å². The number of carbonyl (C=O) groups excluding carboxylic acids is 1. The molecule has 27 heavy (non-hydrogen) atoms. The number of fused-ring (bicyclic) bond motifs is 1. The molecule has 2 heterocycles. The van der Waals surface area contributed by atoms with Crippen LogP contribution in [0, 0.1) is 11.6 Å². The maximum absolute atomic E-state index is 13.6.